The first-order chi connectivity index (χ1) is 15.3. The van der Waals surface area contributed by atoms with Crippen molar-refractivity contribution in [1.82, 2.24) is 14.8 Å². The van der Waals surface area contributed by atoms with Crippen LogP contribution in [-0.2, 0) is 6.18 Å². The van der Waals surface area contributed by atoms with Crippen molar-refractivity contribution in [3.8, 4) is 6.07 Å². The molecule has 0 radical (unpaired) electrons. The Morgan fingerprint density at radius 3 is 2.66 bits per heavy atom. The number of fused-ring (bicyclic) bond motifs is 1. The highest BCUT2D eigenvalue weighted by Gasteiger charge is 2.33. The maximum Gasteiger partial charge on any atom is 0.433 e. The number of nitriles is 1. The Labute approximate surface area is 181 Å². The van der Waals surface area contributed by atoms with Crippen molar-refractivity contribution in [2.45, 2.75) is 37.9 Å². The maximum atomic E-state index is 12.9. The number of hydrogen-bond donors (Lipinski definition) is 2. The van der Waals surface area contributed by atoms with Crippen molar-refractivity contribution >= 4 is 22.5 Å². The van der Waals surface area contributed by atoms with Gasteiger partial charge >= 0.3 is 6.18 Å². The highest BCUT2D eigenvalue weighted by Crippen LogP contribution is 2.33. The first-order valence-electron chi connectivity index (χ1n) is 10.2. The van der Waals surface area contributed by atoms with Gasteiger partial charge in [0.2, 0.25) is 0 Å². The van der Waals surface area contributed by atoms with Gasteiger partial charge in [-0.3, -0.25) is 9.48 Å². The molecule has 2 aromatic heterocycles. The van der Waals surface area contributed by atoms with Gasteiger partial charge in [-0.2, -0.15) is 23.5 Å². The van der Waals surface area contributed by atoms with E-state index in [2.05, 4.69) is 15.4 Å². The number of benzene rings is 1. The number of aliphatic hydroxyl groups excluding tert-OH is 1. The maximum absolute atomic E-state index is 12.9. The van der Waals surface area contributed by atoms with Crippen molar-refractivity contribution in [3.63, 3.8) is 0 Å². The standard InChI is InChI=1S/C22H20F3N5O2/c23-22(24,25)20-3-1-2-17(27-20)21(32)28-18-9-15-11-30(29-19(15)8-14(18)10-26)16-6-4-13(12-31)5-7-16/h1-3,8-9,11,13,16,31H,4-7,12H2,(H,28,32). The molecule has 4 rings (SSSR count). The molecular weight excluding hydrogens is 423 g/mol. The molecule has 10 heteroatoms. The summed E-state index contributed by atoms with van der Waals surface area (Å²) in [6.07, 6.45) is 0.749. The molecule has 0 aliphatic heterocycles. The summed E-state index contributed by atoms with van der Waals surface area (Å²) in [5, 5.41) is 26.6. The van der Waals surface area contributed by atoms with Gasteiger partial charge in [0, 0.05) is 18.2 Å². The average Bonchev–Trinajstić information content (AvgIpc) is 3.21. The Kier molecular flexibility index (Phi) is 5.84. The van der Waals surface area contributed by atoms with Gasteiger partial charge in [0.25, 0.3) is 5.91 Å². The van der Waals surface area contributed by atoms with Crippen LogP contribution in [0.4, 0.5) is 18.9 Å². The lowest BCUT2D eigenvalue weighted by atomic mass is 9.87. The molecule has 0 atom stereocenters. The highest BCUT2D eigenvalue weighted by molar-refractivity contribution is 6.04. The highest BCUT2D eigenvalue weighted by atomic mass is 19.4. The molecule has 1 saturated carbocycles. The van der Waals surface area contributed by atoms with Gasteiger partial charge in [-0.1, -0.05) is 6.07 Å². The minimum atomic E-state index is -4.67. The van der Waals surface area contributed by atoms with E-state index in [0.717, 1.165) is 37.8 Å². The summed E-state index contributed by atoms with van der Waals surface area (Å²) < 4.78 is 40.5. The van der Waals surface area contributed by atoms with Crippen LogP contribution >= 0.6 is 0 Å². The molecule has 1 aliphatic rings. The summed E-state index contributed by atoms with van der Waals surface area (Å²) >= 11 is 0. The SMILES string of the molecule is N#Cc1cc2nn(C3CCC(CO)CC3)cc2cc1NC(=O)c1cccc(C(F)(F)F)n1. The van der Waals surface area contributed by atoms with Crippen LogP contribution in [0.2, 0.25) is 0 Å². The topological polar surface area (TPSA) is 104 Å². The number of aromatic nitrogens is 3. The third-order valence-electron chi connectivity index (χ3n) is 5.75. The molecule has 1 aliphatic carbocycles. The monoisotopic (exact) mass is 443 g/mol. The van der Waals surface area contributed by atoms with E-state index < -0.39 is 23.5 Å². The second-order valence-corrected chi connectivity index (χ2v) is 7.89. The zero-order valence-corrected chi connectivity index (χ0v) is 16.9. The van der Waals surface area contributed by atoms with Gasteiger partial charge in [0.05, 0.1) is 22.8 Å². The van der Waals surface area contributed by atoms with Crippen molar-refractivity contribution in [3.05, 3.63) is 53.5 Å². The van der Waals surface area contributed by atoms with Crippen LogP contribution in [0, 0.1) is 17.2 Å². The number of alkyl halides is 3. The van der Waals surface area contributed by atoms with Gasteiger partial charge in [-0.15, -0.1) is 0 Å². The molecule has 1 aromatic carbocycles. The second kappa shape index (κ2) is 8.59. The molecule has 3 aromatic rings. The molecule has 0 spiro atoms. The van der Waals surface area contributed by atoms with Crippen LogP contribution in [-0.4, -0.2) is 32.4 Å². The zero-order valence-electron chi connectivity index (χ0n) is 16.9. The van der Waals surface area contributed by atoms with Gasteiger partial charge in [-0.25, -0.2) is 4.98 Å². The van der Waals surface area contributed by atoms with Crippen LogP contribution in [0.15, 0.2) is 36.5 Å². The van der Waals surface area contributed by atoms with Gasteiger partial charge in [0.1, 0.15) is 17.5 Å². The number of anilines is 1. The van der Waals surface area contributed by atoms with E-state index in [1.807, 2.05) is 16.9 Å². The molecule has 1 fully saturated rings. The summed E-state index contributed by atoms with van der Waals surface area (Å²) in [6, 6.07) is 8.37. The van der Waals surface area contributed by atoms with E-state index in [4.69, 9.17) is 0 Å². The molecule has 0 unspecified atom stereocenters. The molecule has 2 heterocycles. The Bertz CT molecular complexity index is 1190. The van der Waals surface area contributed by atoms with Gasteiger partial charge < -0.3 is 10.4 Å². The van der Waals surface area contributed by atoms with Crippen LogP contribution in [0.5, 0.6) is 0 Å². The molecule has 0 saturated heterocycles. The minimum absolute atomic E-state index is 0.145. The average molecular weight is 443 g/mol. The molecule has 7 nitrogen and oxygen atoms in total. The van der Waals surface area contributed by atoms with E-state index in [1.165, 1.54) is 6.07 Å². The summed E-state index contributed by atoms with van der Waals surface area (Å²) in [5.74, 6) is -0.533. The molecule has 2 N–H and O–H groups in total. The summed E-state index contributed by atoms with van der Waals surface area (Å²) in [5.41, 5.74) is -0.667. The molecular formula is C22H20F3N5O2. The number of carbonyl (C=O) groups excluding carboxylic acids is 1. The summed E-state index contributed by atoms with van der Waals surface area (Å²) in [7, 11) is 0. The zero-order chi connectivity index (χ0) is 22.9. The first kappa shape index (κ1) is 21.8. The normalized spacial score (nSPS) is 19.0. The van der Waals surface area contributed by atoms with E-state index >= 15 is 0 Å². The third-order valence-corrected chi connectivity index (χ3v) is 5.75. The Hall–Kier alpha value is -3.45. The van der Waals surface area contributed by atoms with Crippen molar-refractivity contribution in [2.75, 3.05) is 11.9 Å². The van der Waals surface area contributed by atoms with Crippen molar-refractivity contribution in [2.24, 2.45) is 5.92 Å². The van der Waals surface area contributed by atoms with E-state index in [9.17, 15) is 28.3 Å². The lowest BCUT2D eigenvalue weighted by Crippen LogP contribution is -2.20. The Morgan fingerprint density at radius 2 is 2.00 bits per heavy atom. The Morgan fingerprint density at radius 1 is 1.25 bits per heavy atom. The van der Waals surface area contributed by atoms with Crippen LogP contribution in [0.25, 0.3) is 10.9 Å². The van der Waals surface area contributed by atoms with Crippen LogP contribution in [0.1, 0.15) is 53.5 Å². The van der Waals surface area contributed by atoms with Crippen molar-refractivity contribution in [1.29, 1.82) is 5.26 Å². The second-order valence-electron chi connectivity index (χ2n) is 7.89. The molecule has 1 amide bonds. The number of hydrogen-bond acceptors (Lipinski definition) is 5. The smallest absolute Gasteiger partial charge is 0.396 e. The minimum Gasteiger partial charge on any atom is -0.396 e. The Balaban J connectivity index is 1.59. The van der Waals surface area contributed by atoms with Gasteiger partial charge in [-0.05, 0) is 55.9 Å². The quantitative estimate of drug-likeness (QED) is 0.626. The number of halogens is 3. The predicted molar refractivity (Wildman–Crippen MR) is 110 cm³/mol. The number of aliphatic hydroxyl groups is 1. The third kappa shape index (κ3) is 4.43. The number of pyridine rings is 1. The van der Waals surface area contributed by atoms with Crippen LogP contribution < -0.4 is 5.32 Å². The summed E-state index contributed by atoms with van der Waals surface area (Å²) in [4.78, 5) is 15.9. The number of nitrogens with zero attached hydrogens (tertiary/aromatic N) is 4. The molecule has 0 bridgehead atoms. The fourth-order valence-electron chi connectivity index (χ4n) is 3.97. The largest absolute Gasteiger partial charge is 0.433 e. The first-order valence-corrected chi connectivity index (χ1v) is 10.2. The lowest BCUT2D eigenvalue weighted by Gasteiger charge is -2.27. The predicted octanol–water partition coefficient (Wildman–Crippen LogP) is 4.30. The number of amides is 1. The van der Waals surface area contributed by atoms with E-state index in [0.29, 0.717) is 16.8 Å². The van der Waals surface area contributed by atoms with E-state index in [-0.39, 0.29) is 23.9 Å². The fraction of sp³-hybridized carbons (Fsp3) is 0.364. The lowest BCUT2D eigenvalue weighted by molar-refractivity contribution is -0.141. The summed E-state index contributed by atoms with van der Waals surface area (Å²) in [6.45, 7) is 0.184. The van der Waals surface area contributed by atoms with E-state index in [1.54, 1.807) is 12.1 Å². The number of rotatable bonds is 4. The van der Waals surface area contributed by atoms with Crippen molar-refractivity contribution < 1.29 is 23.1 Å². The molecule has 166 valence electrons. The van der Waals surface area contributed by atoms with Crippen LogP contribution in [0.3, 0.4) is 0 Å². The van der Waals surface area contributed by atoms with Gasteiger partial charge in [0.15, 0.2) is 0 Å². The number of carbonyl (C=O) groups is 1. The molecule has 32 heavy (non-hydrogen) atoms. The number of nitrogens with one attached hydrogen (secondary N) is 1. The fourth-order valence-corrected chi connectivity index (χ4v) is 3.97.